The largest absolute Gasteiger partial charge is 0.469 e. The van der Waals surface area contributed by atoms with Gasteiger partial charge in [-0.1, -0.05) is 11.6 Å². The van der Waals surface area contributed by atoms with Gasteiger partial charge in [-0.05, 0) is 42.8 Å². The molecular formula is C17H17ClN2O3. The molecule has 1 N–H and O–H groups in total. The lowest BCUT2D eigenvalue weighted by molar-refractivity contribution is -0.132. The lowest BCUT2D eigenvalue weighted by atomic mass is 10.1. The van der Waals surface area contributed by atoms with Crippen LogP contribution < -0.4 is 10.2 Å². The van der Waals surface area contributed by atoms with Gasteiger partial charge in [-0.15, -0.1) is 0 Å². The summed E-state index contributed by atoms with van der Waals surface area (Å²) >= 11 is 5.86. The minimum atomic E-state index is -0.623. The summed E-state index contributed by atoms with van der Waals surface area (Å²) in [4.78, 5) is 26.3. The Morgan fingerprint density at radius 1 is 1.30 bits per heavy atom. The molecule has 2 heterocycles. The molecule has 0 spiro atoms. The summed E-state index contributed by atoms with van der Waals surface area (Å²) in [6.45, 7) is 0.994. The van der Waals surface area contributed by atoms with Gasteiger partial charge in [-0.3, -0.25) is 9.59 Å². The number of nitrogens with zero attached hydrogens (tertiary/aromatic N) is 1. The van der Waals surface area contributed by atoms with Crippen molar-refractivity contribution in [3.63, 3.8) is 0 Å². The molecule has 2 aromatic rings. The maximum Gasteiger partial charge on any atom is 0.239 e. The van der Waals surface area contributed by atoms with E-state index in [4.69, 9.17) is 16.0 Å². The molecule has 1 aromatic heterocycles. The number of hydrogen-bond acceptors (Lipinski definition) is 3. The van der Waals surface area contributed by atoms with Crippen LogP contribution in [0.15, 0.2) is 47.1 Å². The highest BCUT2D eigenvalue weighted by molar-refractivity contribution is 6.30. The van der Waals surface area contributed by atoms with E-state index in [2.05, 4.69) is 5.32 Å². The van der Waals surface area contributed by atoms with Crippen LogP contribution in [0.2, 0.25) is 5.02 Å². The second-order valence-electron chi connectivity index (χ2n) is 5.43. The summed E-state index contributed by atoms with van der Waals surface area (Å²) in [5.41, 5.74) is 0.769. The van der Waals surface area contributed by atoms with Gasteiger partial charge < -0.3 is 14.6 Å². The van der Waals surface area contributed by atoms with E-state index in [9.17, 15) is 9.59 Å². The van der Waals surface area contributed by atoms with Gasteiger partial charge in [0.25, 0.3) is 0 Å². The molecule has 1 aliphatic rings. The third-order valence-electron chi connectivity index (χ3n) is 3.91. The number of furan rings is 1. The molecule has 1 unspecified atom stereocenters. The van der Waals surface area contributed by atoms with Gasteiger partial charge in [-0.25, -0.2) is 0 Å². The molecule has 3 rings (SSSR count). The fourth-order valence-corrected chi connectivity index (χ4v) is 2.81. The van der Waals surface area contributed by atoms with Gasteiger partial charge in [0, 0.05) is 30.2 Å². The number of rotatable bonds is 5. The summed E-state index contributed by atoms with van der Waals surface area (Å²) in [5, 5.41) is 3.43. The summed E-state index contributed by atoms with van der Waals surface area (Å²) in [7, 11) is 0. The van der Waals surface area contributed by atoms with Crippen molar-refractivity contribution in [2.75, 3.05) is 18.0 Å². The second-order valence-corrected chi connectivity index (χ2v) is 5.86. The Bertz CT molecular complexity index is 682. The highest BCUT2D eigenvalue weighted by Gasteiger charge is 2.37. The van der Waals surface area contributed by atoms with Crippen LogP contribution in [0.5, 0.6) is 0 Å². The summed E-state index contributed by atoms with van der Waals surface area (Å²) < 4.78 is 5.21. The third kappa shape index (κ3) is 3.56. The van der Waals surface area contributed by atoms with E-state index >= 15 is 0 Å². The number of carbonyl (C=O) groups excluding carboxylic acids is 2. The number of anilines is 1. The van der Waals surface area contributed by atoms with Crippen molar-refractivity contribution in [3.05, 3.63) is 53.4 Å². The Labute approximate surface area is 139 Å². The van der Waals surface area contributed by atoms with Crippen molar-refractivity contribution in [2.24, 2.45) is 5.92 Å². The maximum atomic E-state index is 12.4. The number of nitrogens with one attached hydrogen (secondary N) is 1. The Hall–Kier alpha value is -2.27. The summed E-state index contributed by atoms with van der Waals surface area (Å²) in [6, 6.07) is 10.7. The van der Waals surface area contributed by atoms with Crippen LogP contribution >= 0.6 is 11.6 Å². The first kappa shape index (κ1) is 15.6. The Morgan fingerprint density at radius 3 is 2.78 bits per heavy atom. The smallest absolute Gasteiger partial charge is 0.239 e. The monoisotopic (exact) mass is 332 g/mol. The maximum absolute atomic E-state index is 12.4. The van der Waals surface area contributed by atoms with Crippen molar-refractivity contribution < 1.29 is 14.0 Å². The molecule has 0 radical (unpaired) electrons. The standard InChI is InChI=1S/C17H17ClN2O3/c18-12-3-5-13(6-4-12)20-10-8-15(17(20)22)16(21)19-9-7-14-2-1-11-23-14/h1-6,11,15H,7-10H2,(H,19,21). The zero-order chi connectivity index (χ0) is 16.2. The van der Waals surface area contributed by atoms with E-state index in [0.717, 1.165) is 11.4 Å². The SMILES string of the molecule is O=C(NCCc1ccco1)C1CCN(c2ccc(Cl)cc2)C1=O. The number of halogens is 1. The van der Waals surface area contributed by atoms with Crippen molar-refractivity contribution in [2.45, 2.75) is 12.8 Å². The van der Waals surface area contributed by atoms with Crippen molar-refractivity contribution in [1.29, 1.82) is 0 Å². The average molecular weight is 333 g/mol. The average Bonchev–Trinajstić information content (AvgIpc) is 3.18. The molecule has 6 heteroatoms. The van der Waals surface area contributed by atoms with Crippen LogP contribution in [-0.2, 0) is 16.0 Å². The Morgan fingerprint density at radius 2 is 2.09 bits per heavy atom. The normalized spacial score (nSPS) is 17.5. The first-order valence-corrected chi connectivity index (χ1v) is 7.90. The van der Waals surface area contributed by atoms with Gasteiger partial charge in [-0.2, -0.15) is 0 Å². The third-order valence-corrected chi connectivity index (χ3v) is 4.16. The highest BCUT2D eigenvalue weighted by atomic mass is 35.5. The van der Waals surface area contributed by atoms with Crippen LogP contribution in [0.3, 0.4) is 0 Å². The highest BCUT2D eigenvalue weighted by Crippen LogP contribution is 2.26. The van der Waals surface area contributed by atoms with E-state index in [-0.39, 0.29) is 11.8 Å². The van der Waals surface area contributed by atoms with Crippen molar-refractivity contribution in [1.82, 2.24) is 5.32 Å². The fourth-order valence-electron chi connectivity index (χ4n) is 2.69. The molecule has 1 aliphatic heterocycles. The number of benzene rings is 1. The minimum absolute atomic E-state index is 0.164. The number of hydrogen-bond donors (Lipinski definition) is 1. The molecule has 5 nitrogen and oxygen atoms in total. The van der Waals surface area contributed by atoms with E-state index < -0.39 is 5.92 Å². The predicted molar refractivity (Wildman–Crippen MR) is 87.3 cm³/mol. The minimum Gasteiger partial charge on any atom is -0.469 e. The molecule has 0 bridgehead atoms. The predicted octanol–water partition coefficient (Wildman–Crippen LogP) is 2.64. The molecule has 120 valence electrons. The van der Waals surface area contributed by atoms with Crippen LogP contribution in [0.4, 0.5) is 5.69 Å². The lowest BCUT2D eigenvalue weighted by Crippen LogP contribution is -2.37. The zero-order valence-corrected chi connectivity index (χ0v) is 13.3. The van der Waals surface area contributed by atoms with E-state index in [1.165, 1.54) is 0 Å². The molecule has 2 amide bonds. The van der Waals surface area contributed by atoms with E-state index in [1.807, 2.05) is 12.1 Å². The summed E-state index contributed by atoms with van der Waals surface area (Å²) in [5.74, 6) is -0.200. The van der Waals surface area contributed by atoms with Gasteiger partial charge in [0.2, 0.25) is 11.8 Å². The molecule has 23 heavy (non-hydrogen) atoms. The van der Waals surface area contributed by atoms with Crippen LogP contribution in [0, 0.1) is 5.92 Å². The van der Waals surface area contributed by atoms with Crippen LogP contribution in [0.1, 0.15) is 12.2 Å². The van der Waals surface area contributed by atoms with Crippen LogP contribution in [0.25, 0.3) is 0 Å². The Balaban J connectivity index is 1.55. The molecule has 0 aliphatic carbocycles. The Kier molecular flexibility index (Phi) is 4.67. The van der Waals surface area contributed by atoms with E-state index in [1.54, 1.807) is 35.4 Å². The molecule has 1 atom stereocenters. The molecule has 1 fully saturated rings. The molecule has 1 saturated heterocycles. The van der Waals surface area contributed by atoms with Gasteiger partial charge >= 0.3 is 0 Å². The fraction of sp³-hybridized carbons (Fsp3) is 0.294. The molecule has 1 aromatic carbocycles. The van der Waals surface area contributed by atoms with Crippen molar-refractivity contribution in [3.8, 4) is 0 Å². The lowest BCUT2D eigenvalue weighted by Gasteiger charge is -2.16. The first-order valence-electron chi connectivity index (χ1n) is 7.52. The first-order chi connectivity index (χ1) is 11.1. The van der Waals surface area contributed by atoms with Gasteiger partial charge in [0.1, 0.15) is 11.7 Å². The van der Waals surface area contributed by atoms with Crippen molar-refractivity contribution >= 4 is 29.1 Å². The quantitative estimate of drug-likeness (QED) is 0.856. The zero-order valence-electron chi connectivity index (χ0n) is 12.5. The van der Waals surface area contributed by atoms with Gasteiger partial charge in [0.15, 0.2) is 0 Å². The number of carbonyl (C=O) groups is 2. The topological polar surface area (TPSA) is 62.6 Å². The number of amides is 2. The molecular weight excluding hydrogens is 316 g/mol. The van der Waals surface area contributed by atoms with E-state index in [0.29, 0.717) is 31.0 Å². The summed E-state index contributed by atoms with van der Waals surface area (Å²) in [6.07, 6.45) is 2.73. The van der Waals surface area contributed by atoms with Crippen LogP contribution in [-0.4, -0.2) is 24.9 Å². The second kappa shape index (κ2) is 6.87. The molecule has 0 saturated carbocycles. The van der Waals surface area contributed by atoms with Gasteiger partial charge in [0.05, 0.1) is 6.26 Å².